The van der Waals surface area contributed by atoms with Gasteiger partial charge in [0.25, 0.3) is 0 Å². The first-order valence-electron chi connectivity index (χ1n) is 5.84. The molecule has 0 heterocycles. The molecule has 2 aromatic rings. The molecule has 2 aromatic carbocycles. The third-order valence-corrected chi connectivity index (χ3v) is 4.56. The minimum absolute atomic E-state index is 0.0701. The van der Waals surface area contributed by atoms with E-state index in [0.717, 1.165) is 34.9 Å². The molecule has 0 fully saturated rings. The van der Waals surface area contributed by atoms with Crippen LogP contribution in [0.25, 0.3) is 0 Å². The molecule has 0 atom stereocenters. The number of benzene rings is 2. The summed E-state index contributed by atoms with van der Waals surface area (Å²) in [6, 6.07) is 8.54. The Morgan fingerprint density at radius 2 is 1.86 bits per heavy atom. The molecule has 7 heteroatoms. The minimum atomic E-state index is -0.526. The molecule has 0 amide bonds. The van der Waals surface area contributed by atoms with E-state index in [1.54, 1.807) is 12.1 Å². The maximum absolute atomic E-state index is 13.7. The van der Waals surface area contributed by atoms with Crippen LogP contribution in [0, 0.1) is 11.6 Å². The monoisotopic (exact) mass is 326 g/mol. The van der Waals surface area contributed by atoms with Crippen molar-refractivity contribution in [3.8, 4) is 0 Å². The molecule has 0 spiro atoms. The number of amidine groups is 1. The van der Waals surface area contributed by atoms with Crippen LogP contribution in [0.1, 0.15) is 5.56 Å². The van der Waals surface area contributed by atoms with Crippen LogP contribution in [0.3, 0.4) is 0 Å². The topological polar surface area (TPSA) is 58.6 Å². The number of rotatable bonds is 4. The van der Waals surface area contributed by atoms with Gasteiger partial charge in [0.1, 0.15) is 11.6 Å². The highest BCUT2D eigenvalue weighted by atomic mass is 32.2. The standard InChI is InChI=1S/C14H12F2N2OS2/c1-20-10-3-2-4-11(13(10)14(17)18-19)21-12-7-8(15)5-6-9(12)16/h2-7,19H,1H3,(H2,17,18). The van der Waals surface area contributed by atoms with Crippen molar-refractivity contribution in [2.45, 2.75) is 14.7 Å². The Morgan fingerprint density at radius 1 is 1.14 bits per heavy atom. The molecule has 0 bridgehead atoms. The molecular formula is C14H12F2N2OS2. The lowest BCUT2D eigenvalue weighted by molar-refractivity contribution is 0.318. The molecule has 21 heavy (non-hydrogen) atoms. The first-order chi connectivity index (χ1) is 10.1. The van der Waals surface area contributed by atoms with E-state index >= 15 is 0 Å². The summed E-state index contributed by atoms with van der Waals surface area (Å²) in [7, 11) is 0. The second-order valence-corrected chi connectivity index (χ2v) is 5.93. The van der Waals surface area contributed by atoms with Crippen molar-refractivity contribution in [2.75, 3.05) is 6.26 Å². The number of thioether (sulfide) groups is 1. The predicted molar refractivity (Wildman–Crippen MR) is 81.2 cm³/mol. The molecule has 0 aromatic heterocycles. The third kappa shape index (κ3) is 3.48. The molecule has 0 aliphatic heterocycles. The van der Waals surface area contributed by atoms with Gasteiger partial charge in [-0.05, 0) is 36.6 Å². The summed E-state index contributed by atoms with van der Waals surface area (Å²) in [6.45, 7) is 0. The Balaban J connectivity index is 2.51. The Kier molecular flexibility index (Phi) is 5.08. The maximum Gasteiger partial charge on any atom is 0.172 e. The summed E-state index contributed by atoms with van der Waals surface area (Å²) in [6.07, 6.45) is 1.85. The average molecular weight is 326 g/mol. The van der Waals surface area contributed by atoms with Gasteiger partial charge in [0, 0.05) is 15.4 Å². The Hall–Kier alpha value is -1.73. The van der Waals surface area contributed by atoms with Crippen molar-refractivity contribution in [1.82, 2.24) is 0 Å². The molecule has 3 nitrogen and oxygen atoms in total. The van der Waals surface area contributed by atoms with Gasteiger partial charge in [-0.15, -0.1) is 11.8 Å². The largest absolute Gasteiger partial charge is 0.409 e. The molecule has 110 valence electrons. The second kappa shape index (κ2) is 6.82. The van der Waals surface area contributed by atoms with E-state index in [2.05, 4.69) is 5.16 Å². The van der Waals surface area contributed by atoms with E-state index in [1.807, 2.05) is 12.3 Å². The number of nitrogens with zero attached hydrogens (tertiary/aromatic N) is 1. The zero-order chi connectivity index (χ0) is 15.4. The maximum atomic E-state index is 13.7. The summed E-state index contributed by atoms with van der Waals surface area (Å²) in [5.74, 6) is -1.12. The van der Waals surface area contributed by atoms with E-state index in [0.29, 0.717) is 10.5 Å². The van der Waals surface area contributed by atoms with E-state index in [-0.39, 0.29) is 10.7 Å². The second-order valence-electron chi connectivity index (χ2n) is 4.00. The summed E-state index contributed by atoms with van der Waals surface area (Å²) < 4.78 is 27.0. The van der Waals surface area contributed by atoms with Gasteiger partial charge in [0.2, 0.25) is 0 Å². The van der Waals surface area contributed by atoms with Crippen LogP contribution in [0.15, 0.2) is 56.2 Å². The lowest BCUT2D eigenvalue weighted by atomic mass is 10.2. The molecule has 0 aliphatic rings. The van der Waals surface area contributed by atoms with Gasteiger partial charge in [0.05, 0.1) is 4.90 Å². The summed E-state index contributed by atoms with van der Waals surface area (Å²) in [4.78, 5) is 1.51. The average Bonchev–Trinajstić information content (AvgIpc) is 2.49. The van der Waals surface area contributed by atoms with Gasteiger partial charge in [-0.3, -0.25) is 0 Å². The van der Waals surface area contributed by atoms with E-state index in [1.165, 1.54) is 11.8 Å². The van der Waals surface area contributed by atoms with Gasteiger partial charge in [-0.1, -0.05) is 23.0 Å². The van der Waals surface area contributed by atoms with Gasteiger partial charge in [-0.2, -0.15) is 0 Å². The lowest BCUT2D eigenvalue weighted by Crippen LogP contribution is -2.15. The summed E-state index contributed by atoms with van der Waals surface area (Å²) in [5.41, 5.74) is 6.20. The van der Waals surface area contributed by atoms with Crippen LogP contribution >= 0.6 is 23.5 Å². The normalized spacial score (nSPS) is 11.7. The Morgan fingerprint density at radius 3 is 2.52 bits per heavy atom. The van der Waals surface area contributed by atoms with E-state index in [9.17, 15) is 8.78 Å². The fraction of sp³-hybridized carbons (Fsp3) is 0.0714. The number of halogens is 2. The van der Waals surface area contributed by atoms with Gasteiger partial charge in [-0.25, -0.2) is 8.78 Å². The summed E-state index contributed by atoms with van der Waals surface area (Å²) in [5, 5.41) is 11.9. The molecule has 0 aliphatic carbocycles. The number of hydrogen-bond acceptors (Lipinski definition) is 4. The molecule has 2 rings (SSSR count). The van der Waals surface area contributed by atoms with Crippen molar-refractivity contribution in [1.29, 1.82) is 0 Å². The van der Waals surface area contributed by atoms with Crippen molar-refractivity contribution < 1.29 is 14.0 Å². The SMILES string of the molecule is CSc1cccc(Sc2cc(F)ccc2F)c1/C(N)=N/O. The van der Waals surface area contributed by atoms with Crippen LogP contribution in [-0.4, -0.2) is 17.3 Å². The van der Waals surface area contributed by atoms with Crippen LogP contribution in [-0.2, 0) is 0 Å². The Labute approximate surface area is 129 Å². The number of nitrogens with two attached hydrogens (primary N) is 1. The van der Waals surface area contributed by atoms with Gasteiger partial charge < -0.3 is 10.9 Å². The zero-order valence-electron chi connectivity index (χ0n) is 11.0. The zero-order valence-corrected chi connectivity index (χ0v) is 12.6. The molecule has 0 saturated carbocycles. The van der Waals surface area contributed by atoms with Crippen molar-refractivity contribution in [3.05, 3.63) is 53.6 Å². The van der Waals surface area contributed by atoms with Crippen molar-refractivity contribution in [2.24, 2.45) is 10.9 Å². The fourth-order valence-corrected chi connectivity index (χ4v) is 3.48. The first kappa shape index (κ1) is 15.7. The van der Waals surface area contributed by atoms with E-state index in [4.69, 9.17) is 10.9 Å². The third-order valence-electron chi connectivity index (χ3n) is 2.68. The molecule has 0 radical (unpaired) electrons. The van der Waals surface area contributed by atoms with E-state index < -0.39 is 11.6 Å². The molecule has 3 N–H and O–H groups in total. The molecule has 0 unspecified atom stereocenters. The quantitative estimate of drug-likeness (QED) is 0.294. The van der Waals surface area contributed by atoms with Crippen molar-refractivity contribution in [3.63, 3.8) is 0 Å². The fourth-order valence-electron chi connectivity index (χ4n) is 1.74. The highest BCUT2D eigenvalue weighted by Crippen LogP contribution is 2.36. The van der Waals surface area contributed by atoms with Crippen LogP contribution in [0.4, 0.5) is 8.78 Å². The Bertz CT molecular complexity index is 693. The van der Waals surface area contributed by atoms with Crippen LogP contribution in [0.2, 0.25) is 0 Å². The van der Waals surface area contributed by atoms with Crippen molar-refractivity contribution >= 4 is 29.4 Å². The molecule has 0 saturated heterocycles. The lowest BCUT2D eigenvalue weighted by Gasteiger charge is -2.12. The summed E-state index contributed by atoms with van der Waals surface area (Å²) >= 11 is 2.45. The van der Waals surface area contributed by atoms with Crippen LogP contribution < -0.4 is 5.73 Å². The smallest absolute Gasteiger partial charge is 0.172 e. The highest BCUT2D eigenvalue weighted by molar-refractivity contribution is 8.00. The first-order valence-corrected chi connectivity index (χ1v) is 7.88. The van der Waals surface area contributed by atoms with Gasteiger partial charge >= 0.3 is 0 Å². The minimum Gasteiger partial charge on any atom is -0.409 e. The number of hydrogen-bond donors (Lipinski definition) is 2. The van der Waals surface area contributed by atoms with Crippen LogP contribution in [0.5, 0.6) is 0 Å². The number of oxime groups is 1. The highest BCUT2D eigenvalue weighted by Gasteiger charge is 2.15. The molecular weight excluding hydrogens is 314 g/mol. The van der Waals surface area contributed by atoms with Gasteiger partial charge in [0.15, 0.2) is 5.84 Å². The predicted octanol–water partition coefficient (Wildman–Crippen LogP) is 3.93.